The van der Waals surface area contributed by atoms with Gasteiger partial charge in [-0.2, -0.15) is 0 Å². The van der Waals surface area contributed by atoms with Gasteiger partial charge in [0.1, 0.15) is 5.75 Å². The van der Waals surface area contributed by atoms with Gasteiger partial charge in [-0.05, 0) is 71.1 Å². The van der Waals surface area contributed by atoms with Crippen LogP contribution in [0.1, 0.15) is 51.5 Å². The van der Waals surface area contributed by atoms with E-state index in [1.807, 2.05) is 6.07 Å². The SMILES string of the molecule is COc1ccc(CC2(N)CCCC(C)(C)CC2)cc1Br. The Morgan fingerprint density at radius 2 is 1.95 bits per heavy atom. The predicted molar refractivity (Wildman–Crippen MR) is 88.2 cm³/mol. The van der Waals surface area contributed by atoms with E-state index in [1.54, 1.807) is 7.11 Å². The van der Waals surface area contributed by atoms with Crippen molar-refractivity contribution in [2.45, 2.75) is 57.9 Å². The van der Waals surface area contributed by atoms with Gasteiger partial charge in [-0.3, -0.25) is 0 Å². The van der Waals surface area contributed by atoms with Crippen LogP contribution in [0.2, 0.25) is 0 Å². The first-order valence-corrected chi connectivity index (χ1v) is 8.24. The van der Waals surface area contributed by atoms with Gasteiger partial charge >= 0.3 is 0 Å². The van der Waals surface area contributed by atoms with Crippen LogP contribution in [0.15, 0.2) is 22.7 Å². The zero-order valence-corrected chi connectivity index (χ0v) is 14.4. The molecule has 0 bridgehead atoms. The Hall–Kier alpha value is -0.540. The quantitative estimate of drug-likeness (QED) is 0.811. The molecule has 0 spiro atoms. The highest BCUT2D eigenvalue weighted by Gasteiger charge is 2.32. The van der Waals surface area contributed by atoms with E-state index in [0.29, 0.717) is 5.41 Å². The topological polar surface area (TPSA) is 35.2 Å². The number of benzene rings is 1. The van der Waals surface area contributed by atoms with Crippen molar-refractivity contribution in [3.63, 3.8) is 0 Å². The molecule has 0 aliphatic heterocycles. The molecule has 0 heterocycles. The highest BCUT2D eigenvalue weighted by molar-refractivity contribution is 9.10. The number of nitrogens with two attached hydrogens (primary N) is 1. The van der Waals surface area contributed by atoms with Gasteiger partial charge in [0.2, 0.25) is 0 Å². The van der Waals surface area contributed by atoms with Crippen LogP contribution in [0.3, 0.4) is 0 Å². The lowest BCUT2D eigenvalue weighted by atomic mass is 9.81. The Labute approximate surface area is 131 Å². The van der Waals surface area contributed by atoms with Crippen molar-refractivity contribution < 1.29 is 4.74 Å². The second-order valence-corrected chi connectivity index (χ2v) is 7.88. The molecule has 3 heteroatoms. The summed E-state index contributed by atoms with van der Waals surface area (Å²) >= 11 is 3.56. The van der Waals surface area contributed by atoms with Crippen LogP contribution in [0.5, 0.6) is 5.75 Å². The second kappa shape index (κ2) is 6.07. The third kappa shape index (κ3) is 3.98. The Balaban J connectivity index is 2.10. The van der Waals surface area contributed by atoms with Gasteiger partial charge in [0, 0.05) is 5.54 Å². The molecule has 1 aromatic carbocycles. The Morgan fingerprint density at radius 3 is 2.60 bits per heavy atom. The van der Waals surface area contributed by atoms with E-state index in [9.17, 15) is 0 Å². The minimum absolute atomic E-state index is 0.0538. The third-order valence-corrected chi connectivity index (χ3v) is 5.22. The molecule has 1 fully saturated rings. The van der Waals surface area contributed by atoms with Crippen LogP contribution < -0.4 is 10.5 Å². The summed E-state index contributed by atoms with van der Waals surface area (Å²) in [5.41, 5.74) is 8.37. The highest BCUT2D eigenvalue weighted by atomic mass is 79.9. The molecule has 2 N–H and O–H groups in total. The van der Waals surface area contributed by atoms with E-state index in [4.69, 9.17) is 10.5 Å². The minimum Gasteiger partial charge on any atom is -0.496 e. The predicted octanol–water partition coefficient (Wildman–Crippen LogP) is 4.69. The molecule has 112 valence electrons. The number of halogens is 1. The van der Waals surface area contributed by atoms with Crippen molar-refractivity contribution in [2.24, 2.45) is 11.1 Å². The largest absolute Gasteiger partial charge is 0.496 e. The number of ether oxygens (including phenoxy) is 1. The molecule has 2 rings (SSSR count). The Kier molecular flexibility index (Phi) is 4.80. The molecular formula is C17H26BrNO. The first kappa shape index (κ1) is 15.8. The molecule has 1 unspecified atom stereocenters. The fourth-order valence-corrected chi connectivity index (χ4v) is 3.75. The summed E-state index contributed by atoms with van der Waals surface area (Å²) in [5, 5.41) is 0. The normalized spacial score (nSPS) is 26.1. The zero-order chi connectivity index (χ0) is 14.8. The van der Waals surface area contributed by atoms with E-state index < -0.39 is 0 Å². The monoisotopic (exact) mass is 339 g/mol. The summed E-state index contributed by atoms with van der Waals surface area (Å²) in [4.78, 5) is 0. The molecule has 0 radical (unpaired) electrons. The molecule has 1 aliphatic carbocycles. The average molecular weight is 340 g/mol. The maximum atomic E-state index is 6.69. The Morgan fingerprint density at radius 1 is 1.20 bits per heavy atom. The van der Waals surface area contributed by atoms with Gasteiger partial charge in [0.15, 0.2) is 0 Å². The highest BCUT2D eigenvalue weighted by Crippen LogP contribution is 2.38. The molecule has 0 saturated heterocycles. The van der Waals surface area contributed by atoms with Gasteiger partial charge in [-0.15, -0.1) is 0 Å². The van der Waals surface area contributed by atoms with Gasteiger partial charge in [-0.1, -0.05) is 26.3 Å². The molecule has 2 nitrogen and oxygen atoms in total. The lowest BCUT2D eigenvalue weighted by molar-refractivity contribution is 0.297. The van der Waals surface area contributed by atoms with Gasteiger partial charge in [0.25, 0.3) is 0 Å². The number of methoxy groups -OCH3 is 1. The summed E-state index contributed by atoms with van der Waals surface area (Å²) < 4.78 is 6.29. The lowest BCUT2D eigenvalue weighted by Gasteiger charge is -2.29. The summed E-state index contributed by atoms with van der Waals surface area (Å²) in [6.45, 7) is 4.73. The van der Waals surface area contributed by atoms with E-state index >= 15 is 0 Å². The molecule has 0 amide bonds. The van der Waals surface area contributed by atoms with E-state index in [1.165, 1.54) is 24.8 Å². The number of hydrogen-bond donors (Lipinski definition) is 1. The van der Waals surface area contributed by atoms with Crippen LogP contribution in [0, 0.1) is 5.41 Å². The second-order valence-electron chi connectivity index (χ2n) is 7.03. The smallest absolute Gasteiger partial charge is 0.133 e. The van der Waals surface area contributed by atoms with Crippen molar-refractivity contribution in [3.8, 4) is 5.75 Å². The maximum absolute atomic E-state index is 6.69. The molecular weight excluding hydrogens is 314 g/mol. The molecule has 1 atom stereocenters. The maximum Gasteiger partial charge on any atom is 0.133 e. The zero-order valence-electron chi connectivity index (χ0n) is 12.8. The summed E-state index contributed by atoms with van der Waals surface area (Å²) in [5.74, 6) is 0.877. The van der Waals surface area contributed by atoms with Crippen molar-refractivity contribution in [1.29, 1.82) is 0 Å². The minimum atomic E-state index is -0.0538. The summed E-state index contributed by atoms with van der Waals surface area (Å²) in [6, 6.07) is 6.29. The number of hydrogen-bond acceptors (Lipinski definition) is 2. The van der Waals surface area contributed by atoms with E-state index in [2.05, 4.69) is 41.9 Å². The van der Waals surface area contributed by atoms with Crippen molar-refractivity contribution in [1.82, 2.24) is 0 Å². The van der Waals surface area contributed by atoms with Gasteiger partial charge < -0.3 is 10.5 Å². The van der Waals surface area contributed by atoms with Crippen LogP contribution >= 0.6 is 15.9 Å². The van der Waals surface area contributed by atoms with Gasteiger partial charge in [0.05, 0.1) is 11.6 Å². The first-order chi connectivity index (χ1) is 9.34. The van der Waals surface area contributed by atoms with Crippen LogP contribution in [0.25, 0.3) is 0 Å². The third-order valence-electron chi connectivity index (χ3n) is 4.60. The molecule has 20 heavy (non-hydrogen) atoms. The van der Waals surface area contributed by atoms with Crippen LogP contribution in [0.4, 0.5) is 0 Å². The standard InChI is InChI=1S/C17H26BrNO/c1-16(2)7-4-8-17(19,10-9-16)12-13-5-6-15(20-3)14(18)11-13/h5-6,11H,4,7-10,12,19H2,1-3H3. The summed E-state index contributed by atoms with van der Waals surface area (Å²) in [6.07, 6.45) is 6.94. The lowest BCUT2D eigenvalue weighted by Crippen LogP contribution is -2.41. The van der Waals surface area contributed by atoms with Crippen molar-refractivity contribution in [3.05, 3.63) is 28.2 Å². The molecule has 1 aliphatic rings. The Bertz CT molecular complexity index is 472. The van der Waals surface area contributed by atoms with Gasteiger partial charge in [-0.25, -0.2) is 0 Å². The first-order valence-electron chi connectivity index (χ1n) is 7.45. The van der Waals surface area contributed by atoms with Crippen molar-refractivity contribution >= 4 is 15.9 Å². The van der Waals surface area contributed by atoms with Crippen LogP contribution in [-0.2, 0) is 6.42 Å². The molecule has 1 saturated carbocycles. The number of rotatable bonds is 3. The van der Waals surface area contributed by atoms with E-state index in [-0.39, 0.29) is 5.54 Å². The summed E-state index contributed by atoms with van der Waals surface area (Å²) in [7, 11) is 1.69. The van der Waals surface area contributed by atoms with Crippen molar-refractivity contribution in [2.75, 3.05) is 7.11 Å². The van der Waals surface area contributed by atoms with Crippen LogP contribution in [-0.4, -0.2) is 12.6 Å². The molecule has 0 aromatic heterocycles. The average Bonchev–Trinajstić information content (AvgIpc) is 2.49. The fraction of sp³-hybridized carbons (Fsp3) is 0.647. The fourth-order valence-electron chi connectivity index (χ4n) is 3.16. The van der Waals surface area contributed by atoms with E-state index in [0.717, 1.165) is 29.5 Å². The molecule has 1 aromatic rings.